The lowest BCUT2D eigenvalue weighted by Gasteiger charge is -2.17. The van der Waals surface area contributed by atoms with Gasteiger partial charge in [0.1, 0.15) is 4.90 Å². The van der Waals surface area contributed by atoms with E-state index in [-0.39, 0.29) is 22.0 Å². The summed E-state index contributed by atoms with van der Waals surface area (Å²) in [5, 5.41) is 3.24. The summed E-state index contributed by atoms with van der Waals surface area (Å²) in [6, 6.07) is 10.8. The maximum atomic E-state index is 12.8. The first-order chi connectivity index (χ1) is 14.3. The van der Waals surface area contributed by atoms with Crippen LogP contribution < -0.4 is 5.32 Å². The Bertz CT molecular complexity index is 1040. The molecule has 10 heteroatoms. The number of carbonyl (C=O) groups excluding carboxylic acids is 2. The molecule has 0 aliphatic carbocycles. The van der Waals surface area contributed by atoms with Crippen molar-refractivity contribution in [2.75, 3.05) is 19.7 Å². The zero-order valence-corrected chi connectivity index (χ0v) is 18.3. The Balaban J connectivity index is 1.60. The van der Waals surface area contributed by atoms with Crippen LogP contribution in [0.4, 0.5) is 0 Å². The molecule has 0 atom stereocenters. The molecule has 2 aromatic carbocycles. The molecular weight excluding hydrogens is 451 g/mol. The monoisotopic (exact) mass is 470 g/mol. The molecule has 2 aromatic rings. The number of carbonyl (C=O) groups is 2. The average Bonchev–Trinajstić information content (AvgIpc) is 3.27. The van der Waals surface area contributed by atoms with Gasteiger partial charge in [0.15, 0.2) is 6.61 Å². The lowest BCUT2D eigenvalue weighted by Crippen LogP contribution is -2.29. The van der Waals surface area contributed by atoms with E-state index in [1.807, 2.05) is 0 Å². The Labute approximate surface area is 185 Å². The number of ether oxygens (including phenoxy) is 1. The number of rotatable bonds is 7. The zero-order chi connectivity index (χ0) is 21.7. The van der Waals surface area contributed by atoms with Gasteiger partial charge in [-0.3, -0.25) is 4.79 Å². The summed E-state index contributed by atoms with van der Waals surface area (Å²) in [5.74, 6) is -1.30. The summed E-state index contributed by atoms with van der Waals surface area (Å²) in [7, 11) is -3.79. The van der Waals surface area contributed by atoms with E-state index in [2.05, 4.69) is 5.32 Å². The van der Waals surface area contributed by atoms with Gasteiger partial charge in [-0.15, -0.1) is 0 Å². The first-order valence-electron chi connectivity index (χ1n) is 9.25. The minimum Gasteiger partial charge on any atom is -0.452 e. The van der Waals surface area contributed by atoms with E-state index in [0.29, 0.717) is 18.1 Å². The largest absolute Gasteiger partial charge is 0.452 e. The van der Waals surface area contributed by atoms with Crippen molar-refractivity contribution in [1.82, 2.24) is 9.62 Å². The van der Waals surface area contributed by atoms with Crippen molar-refractivity contribution < 1.29 is 22.7 Å². The number of sulfonamides is 1. The maximum absolute atomic E-state index is 12.8. The van der Waals surface area contributed by atoms with Gasteiger partial charge in [-0.25, -0.2) is 13.2 Å². The maximum Gasteiger partial charge on any atom is 0.338 e. The van der Waals surface area contributed by atoms with Crippen molar-refractivity contribution >= 4 is 45.1 Å². The number of nitrogens with one attached hydrogen (secondary N) is 1. The summed E-state index contributed by atoms with van der Waals surface area (Å²) in [6.45, 7) is 0.595. The first kappa shape index (κ1) is 22.6. The van der Waals surface area contributed by atoms with Crippen LogP contribution in [0.1, 0.15) is 28.8 Å². The second-order valence-electron chi connectivity index (χ2n) is 6.74. The van der Waals surface area contributed by atoms with Gasteiger partial charge in [0.05, 0.1) is 10.6 Å². The van der Waals surface area contributed by atoms with Crippen LogP contribution in [-0.2, 0) is 26.1 Å². The van der Waals surface area contributed by atoms with Crippen molar-refractivity contribution in [2.24, 2.45) is 0 Å². The van der Waals surface area contributed by atoms with Crippen molar-refractivity contribution in [3.8, 4) is 0 Å². The number of hydrogen-bond donors (Lipinski definition) is 1. The molecule has 1 amide bonds. The van der Waals surface area contributed by atoms with Crippen molar-refractivity contribution in [3.05, 3.63) is 63.6 Å². The summed E-state index contributed by atoms with van der Waals surface area (Å²) < 4.78 is 31.9. The number of nitrogens with zero attached hydrogens (tertiary/aromatic N) is 1. The minimum absolute atomic E-state index is 0.00248. The van der Waals surface area contributed by atoms with E-state index in [1.54, 1.807) is 24.3 Å². The van der Waals surface area contributed by atoms with Gasteiger partial charge in [-0.2, -0.15) is 4.31 Å². The van der Waals surface area contributed by atoms with Gasteiger partial charge in [-0.05, 0) is 48.7 Å². The summed E-state index contributed by atoms with van der Waals surface area (Å²) in [5.41, 5.74) is 0.844. The van der Waals surface area contributed by atoms with Gasteiger partial charge < -0.3 is 10.1 Å². The summed E-state index contributed by atoms with van der Waals surface area (Å²) in [6.07, 6.45) is 1.56. The summed E-state index contributed by atoms with van der Waals surface area (Å²) >= 11 is 11.9. The second-order valence-corrected chi connectivity index (χ2v) is 9.49. The molecule has 0 unspecified atom stereocenters. The molecule has 1 aliphatic heterocycles. The topological polar surface area (TPSA) is 92.8 Å². The Morgan fingerprint density at radius 2 is 1.70 bits per heavy atom. The highest BCUT2D eigenvalue weighted by Crippen LogP contribution is 2.28. The van der Waals surface area contributed by atoms with Crippen LogP contribution in [-0.4, -0.2) is 44.3 Å². The molecule has 30 heavy (non-hydrogen) atoms. The minimum atomic E-state index is -3.79. The van der Waals surface area contributed by atoms with Gasteiger partial charge in [-0.1, -0.05) is 35.3 Å². The molecule has 1 fully saturated rings. The highest BCUT2D eigenvalue weighted by molar-refractivity contribution is 7.89. The predicted octanol–water partition coefficient (Wildman–Crippen LogP) is 3.25. The molecule has 0 saturated carbocycles. The van der Waals surface area contributed by atoms with Gasteiger partial charge in [0.2, 0.25) is 10.0 Å². The van der Waals surface area contributed by atoms with Crippen molar-refractivity contribution in [3.63, 3.8) is 0 Å². The Hall–Kier alpha value is -2.13. The third-order valence-corrected chi connectivity index (χ3v) is 7.22. The number of benzene rings is 2. The molecule has 0 spiro atoms. The standard InChI is InChI=1S/C20H20Cl2N2O5S/c21-16-6-3-14(4-7-16)12-23-19(25)13-29-20(26)15-5-8-17(22)18(11-15)30(27,28)24-9-1-2-10-24/h3-8,11H,1-2,9-10,12-13H2,(H,23,25). The Kier molecular flexibility index (Phi) is 7.36. The number of amides is 1. The van der Waals surface area contributed by atoms with E-state index in [1.165, 1.54) is 22.5 Å². The SMILES string of the molecule is O=C(COC(=O)c1ccc(Cl)c(S(=O)(=O)N2CCCC2)c1)NCc1ccc(Cl)cc1. The molecule has 0 radical (unpaired) electrons. The van der Waals surface area contributed by atoms with Crippen molar-refractivity contribution in [2.45, 2.75) is 24.3 Å². The molecule has 7 nitrogen and oxygen atoms in total. The van der Waals surface area contributed by atoms with E-state index >= 15 is 0 Å². The lowest BCUT2D eigenvalue weighted by molar-refractivity contribution is -0.124. The van der Waals surface area contributed by atoms with E-state index < -0.39 is 28.5 Å². The summed E-state index contributed by atoms with van der Waals surface area (Å²) in [4.78, 5) is 24.1. The van der Waals surface area contributed by atoms with E-state index in [0.717, 1.165) is 18.4 Å². The van der Waals surface area contributed by atoms with Gasteiger partial charge in [0.25, 0.3) is 5.91 Å². The molecule has 0 aromatic heterocycles. The van der Waals surface area contributed by atoms with Crippen LogP contribution in [0, 0.1) is 0 Å². The van der Waals surface area contributed by atoms with E-state index in [4.69, 9.17) is 27.9 Å². The number of hydrogen-bond acceptors (Lipinski definition) is 5. The smallest absolute Gasteiger partial charge is 0.338 e. The molecule has 1 saturated heterocycles. The average molecular weight is 471 g/mol. The van der Waals surface area contributed by atoms with Crippen LogP contribution in [0.2, 0.25) is 10.0 Å². The molecule has 0 bridgehead atoms. The second kappa shape index (κ2) is 9.78. The Morgan fingerprint density at radius 1 is 1.03 bits per heavy atom. The molecule has 1 heterocycles. The van der Waals surface area contributed by atoms with Gasteiger partial charge >= 0.3 is 5.97 Å². The zero-order valence-electron chi connectivity index (χ0n) is 15.9. The first-order valence-corrected chi connectivity index (χ1v) is 11.4. The third kappa shape index (κ3) is 5.51. The van der Waals surface area contributed by atoms with Crippen molar-refractivity contribution in [1.29, 1.82) is 0 Å². The lowest BCUT2D eigenvalue weighted by atomic mass is 10.2. The fourth-order valence-electron chi connectivity index (χ4n) is 2.96. The number of esters is 1. The predicted molar refractivity (Wildman–Crippen MR) is 113 cm³/mol. The highest BCUT2D eigenvalue weighted by Gasteiger charge is 2.30. The van der Waals surface area contributed by atoms with Crippen LogP contribution in [0.15, 0.2) is 47.4 Å². The third-order valence-electron chi connectivity index (χ3n) is 4.59. The fraction of sp³-hybridized carbons (Fsp3) is 0.300. The quantitative estimate of drug-likeness (QED) is 0.626. The molecule has 1 aliphatic rings. The molecular formula is C20H20Cl2N2O5S. The normalized spacial score (nSPS) is 14.5. The number of halogens is 2. The van der Waals surface area contributed by atoms with Crippen LogP contribution in [0.5, 0.6) is 0 Å². The molecule has 3 rings (SSSR count). The molecule has 160 valence electrons. The Morgan fingerprint density at radius 3 is 2.37 bits per heavy atom. The van der Waals surface area contributed by atoms with Crippen LogP contribution in [0.3, 0.4) is 0 Å². The fourth-order valence-corrected chi connectivity index (χ4v) is 5.11. The van der Waals surface area contributed by atoms with E-state index in [9.17, 15) is 18.0 Å². The van der Waals surface area contributed by atoms with Crippen LogP contribution >= 0.6 is 23.2 Å². The highest BCUT2D eigenvalue weighted by atomic mass is 35.5. The van der Waals surface area contributed by atoms with Crippen LogP contribution in [0.25, 0.3) is 0 Å². The van der Waals surface area contributed by atoms with Gasteiger partial charge in [0, 0.05) is 24.7 Å². The molecule has 1 N–H and O–H groups in total.